The van der Waals surface area contributed by atoms with Crippen molar-refractivity contribution in [2.75, 3.05) is 0 Å². The molecule has 0 unspecified atom stereocenters. The maximum atomic E-state index is 12.2. The minimum absolute atomic E-state index is 0.0802. The summed E-state index contributed by atoms with van der Waals surface area (Å²) in [6, 6.07) is 1.77. The van der Waals surface area contributed by atoms with Gasteiger partial charge in [0.15, 0.2) is 0 Å². The number of hydrogen-bond donors (Lipinski definition) is 1. The highest BCUT2D eigenvalue weighted by Gasteiger charge is 2.14. The summed E-state index contributed by atoms with van der Waals surface area (Å²) < 4.78 is 3.58. The zero-order chi connectivity index (χ0) is 12.0. The van der Waals surface area contributed by atoms with E-state index in [1.54, 1.807) is 11.4 Å². The van der Waals surface area contributed by atoms with E-state index >= 15 is 0 Å². The van der Waals surface area contributed by atoms with E-state index in [0.717, 1.165) is 6.42 Å². The Bertz CT molecular complexity index is 807. The van der Waals surface area contributed by atoms with Crippen molar-refractivity contribution >= 4 is 27.3 Å². The number of nitrogens with one attached hydrogen (secondary N) is 1. The highest BCUT2D eigenvalue weighted by Crippen LogP contribution is 2.16. The lowest BCUT2D eigenvalue weighted by Crippen LogP contribution is -2.24. The number of fused-ring (bicyclic) bond motifs is 3. The van der Waals surface area contributed by atoms with Gasteiger partial charge in [0.1, 0.15) is 4.70 Å². The highest BCUT2D eigenvalue weighted by molar-refractivity contribution is 7.17. The van der Waals surface area contributed by atoms with Gasteiger partial charge >= 0.3 is 5.69 Å². The van der Waals surface area contributed by atoms with E-state index in [4.69, 9.17) is 0 Å². The third-order valence-corrected chi connectivity index (χ3v) is 3.56. The summed E-state index contributed by atoms with van der Waals surface area (Å²) in [5, 5.41) is 8.11. The van der Waals surface area contributed by atoms with Crippen LogP contribution in [-0.4, -0.2) is 19.2 Å². The van der Waals surface area contributed by atoms with Crippen molar-refractivity contribution in [2.24, 2.45) is 0 Å². The second-order valence-corrected chi connectivity index (χ2v) is 4.67. The molecule has 0 bridgehead atoms. The van der Waals surface area contributed by atoms with Crippen LogP contribution in [0, 0.1) is 0 Å². The van der Waals surface area contributed by atoms with Gasteiger partial charge in [-0.25, -0.2) is 14.3 Å². The van der Waals surface area contributed by atoms with E-state index < -0.39 is 0 Å². The second kappa shape index (κ2) is 3.56. The molecule has 0 spiro atoms. The number of aryl methyl sites for hydroxylation is 1. The molecule has 0 radical (unpaired) electrons. The van der Waals surface area contributed by atoms with Crippen LogP contribution in [0.3, 0.4) is 0 Å². The lowest BCUT2D eigenvalue weighted by molar-refractivity contribution is 0.663. The van der Waals surface area contributed by atoms with Gasteiger partial charge in [-0.3, -0.25) is 9.36 Å². The summed E-state index contributed by atoms with van der Waals surface area (Å²) in [6.45, 7) is 2.53. The third kappa shape index (κ3) is 1.29. The van der Waals surface area contributed by atoms with Crippen LogP contribution in [0.2, 0.25) is 0 Å². The van der Waals surface area contributed by atoms with E-state index in [2.05, 4.69) is 10.2 Å². The molecule has 88 valence electrons. The zero-order valence-corrected chi connectivity index (χ0v) is 9.95. The average molecular weight is 250 g/mol. The first-order valence-corrected chi connectivity index (χ1v) is 6.19. The molecule has 0 saturated carbocycles. The van der Waals surface area contributed by atoms with E-state index in [9.17, 15) is 9.59 Å². The van der Waals surface area contributed by atoms with Gasteiger partial charge in [0, 0.05) is 6.54 Å². The maximum Gasteiger partial charge on any atom is 0.349 e. The zero-order valence-electron chi connectivity index (χ0n) is 9.14. The topological polar surface area (TPSA) is 72.2 Å². The van der Waals surface area contributed by atoms with Crippen LogP contribution < -0.4 is 11.2 Å². The maximum absolute atomic E-state index is 12.2. The van der Waals surface area contributed by atoms with E-state index in [0.29, 0.717) is 22.5 Å². The summed E-state index contributed by atoms with van der Waals surface area (Å²) in [4.78, 5) is 23.9. The number of rotatable bonds is 2. The van der Waals surface area contributed by atoms with Crippen molar-refractivity contribution in [3.8, 4) is 0 Å². The first-order valence-electron chi connectivity index (χ1n) is 5.31. The number of hydrogen-bond acceptors (Lipinski definition) is 4. The fourth-order valence-electron chi connectivity index (χ4n) is 1.96. The lowest BCUT2D eigenvalue weighted by atomic mass is 10.4. The Kier molecular flexibility index (Phi) is 2.15. The highest BCUT2D eigenvalue weighted by atomic mass is 32.1. The summed E-state index contributed by atoms with van der Waals surface area (Å²) in [5.74, 6) is 0.382. The largest absolute Gasteiger partial charge is 0.349 e. The summed E-state index contributed by atoms with van der Waals surface area (Å²) in [6.07, 6.45) is 0.813. The summed E-state index contributed by atoms with van der Waals surface area (Å²) >= 11 is 1.35. The first-order chi connectivity index (χ1) is 8.24. The van der Waals surface area contributed by atoms with E-state index in [1.165, 1.54) is 20.3 Å². The van der Waals surface area contributed by atoms with Crippen molar-refractivity contribution in [3.63, 3.8) is 0 Å². The van der Waals surface area contributed by atoms with Crippen molar-refractivity contribution in [1.29, 1.82) is 0 Å². The number of thiophene rings is 1. The Hall–Kier alpha value is -1.89. The number of aromatic amines is 1. The smallest absolute Gasteiger partial charge is 0.276 e. The summed E-state index contributed by atoms with van der Waals surface area (Å²) in [7, 11) is 0. The van der Waals surface area contributed by atoms with Crippen LogP contribution in [0.15, 0.2) is 21.0 Å². The molecule has 0 amide bonds. The summed E-state index contributed by atoms with van der Waals surface area (Å²) in [5.41, 5.74) is 0.234. The Balaban J connectivity index is 2.63. The van der Waals surface area contributed by atoms with Crippen LogP contribution in [-0.2, 0) is 6.54 Å². The Labute approximate surface area is 99.1 Å². The molecule has 3 heterocycles. The molecule has 0 aliphatic rings. The van der Waals surface area contributed by atoms with Crippen LogP contribution in [0.25, 0.3) is 16.0 Å². The van der Waals surface area contributed by atoms with Gasteiger partial charge < -0.3 is 0 Å². The van der Waals surface area contributed by atoms with Gasteiger partial charge in [-0.05, 0) is 17.9 Å². The molecule has 3 rings (SSSR count). The van der Waals surface area contributed by atoms with Gasteiger partial charge in [-0.15, -0.1) is 16.4 Å². The third-order valence-electron chi connectivity index (χ3n) is 2.67. The van der Waals surface area contributed by atoms with E-state index in [-0.39, 0.29) is 11.2 Å². The molecule has 0 fully saturated rings. The number of aromatic nitrogens is 4. The molecular formula is C10H10N4O2S. The number of nitrogens with zero attached hydrogens (tertiary/aromatic N) is 3. The van der Waals surface area contributed by atoms with Crippen molar-refractivity contribution in [1.82, 2.24) is 19.2 Å². The Morgan fingerprint density at radius 3 is 3.06 bits per heavy atom. The molecule has 0 aliphatic carbocycles. The quantitative estimate of drug-likeness (QED) is 0.731. The Morgan fingerprint density at radius 1 is 1.47 bits per heavy atom. The van der Waals surface area contributed by atoms with Gasteiger partial charge in [0.25, 0.3) is 5.56 Å². The SMILES string of the molecule is CCCn1c(=O)c2sccc2n2c(=O)[nH]nc12. The van der Waals surface area contributed by atoms with Crippen molar-refractivity contribution in [2.45, 2.75) is 19.9 Å². The first kappa shape index (κ1) is 10.3. The molecule has 3 aromatic heterocycles. The normalized spacial score (nSPS) is 11.6. The molecule has 1 N–H and O–H groups in total. The van der Waals surface area contributed by atoms with Crippen LogP contribution in [0.1, 0.15) is 13.3 Å². The molecule has 3 aromatic rings. The minimum Gasteiger partial charge on any atom is -0.276 e. The van der Waals surface area contributed by atoms with Crippen LogP contribution in [0.5, 0.6) is 0 Å². The lowest BCUT2D eigenvalue weighted by Gasteiger charge is -2.05. The van der Waals surface area contributed by atoms with Crippen LogP contribution in [0.4, 0.5) is 0 Å². The standard InChI is InChI=1S/C10H10N4O2S/c1-2-4-13-8(15)7-6(3-5-17-7)14-9(13)11-12-10(14)16/h3,5H,2,4H2,1H3,(H,12,16). The minimum atomic E-state index is -0.312. The predicted molar refractivity (Wildman–Crippen MR) is 65.7 cm³/mol. The second-order valence-electron chi connectivity index (χ2n) is 3.76. The fraction of sp³-hybridized carbons (Fsp3) is 0.300. The molecule has 0 saturated heterocycles. The molecule has 0 atom stereocenters. The van der Waals surface area contributed by atoms with E-state index in [1.807, 2.05) is 6.92 Å². The molecule has 7 heteroatoms. The van der Waals surface area contributed by atoms with Gasteiger partial charge in [-0.2, -0.15) is 0 Å². The fourth-order valence-corrected chi connectivity index (χ4v) is 2.79. The average Bonchev–Trinajstić information content (AvgIpc) is 2.90. The van der Waals surface area contributed by atoms with Crippen molar-refractivity contribution < 1.29 is 0 Å². The molecule has 6 nitrogen and oxygen atoms in total. The Morgan fingerprint density at radius 2 is 2.29 bits per heavy atom. The van der Waals surface area contributed by atoms with Gasteiger partial charge in [0.2, 0.25) is 5.78 Å². The number of H-pyrrole nitrogens is 1. The monoisotopic (exact) mass is 250 g/mol. The van der Waals surface area contributed by atoms with Gasteiger partial charge in [-0.1, -0.05) is 6.92 Å². The van der Waals surface area contributed by atoms with Crippen LogP contribution >= 0.6 is 11.3 Å². The molecular weight excluding hydrogens is 240 g/mol. The van der Waals surface area contributed by atoms with Crippen molar-refractivity contribution in [3.05, 3.63) is 32.3 Å². The predicted octanol–water partition coefficient (Wildman–Crippen LogP) is 0.809. The molecule has 0 aliphatic heterocycles. The molecule has 0 aromatic carbocycles. The van der Waals surface area contributed by atoms with Gasteiger partial charge in [0.05, 0.1) is 5.52 Å². The molecule has 17 heavy (non-hydrogen) atoms.